The first-order valence-corrected chi connectivity index (χ1v) is 8.45. The number of rotatable bonds is 6. The van der Waals surface area contributed by atoms with Crippen LogP contribution in [-0.4, -0.2) is 21.6 Å². The summed E-state index contributed by atoms with van der Waals surface area (Å²) in [5.74, 6) is 2.18. The van der Waals surface area contributed by atoms with E-state index >= 15 is 0 Å². The van der Waals surface area contributed by atoms with E-state index in [2.05, 4.69) is 42.9 Å². The lowest BCUT2D eigenvalue weighted by Gasteiger charge is -2.12. The number of nitrogens with zero attached hydrogens (tertiary/aromatic N) is 2. The van der Waals surface area contributed by atoms with E-state index in [9.17, 15) is 0 Å². The van der Waals surface area contributed by atoms with Crippen LogP contribution in [0.1, 0.15) is 50.8 Å². The van der Waals surface area contributed by atoms with Crippen LogP contribution in [0.4, 0.5) is 0 Å². The van der Waals surface area contributed by atoms with E-state index in [4.69, 9.17) is 0 Å². The number of nitrogens with one attached hydrogen (secondary N) is 1. The highest BCUT2D eigenvalue weighted by Gasteiger charge is 2.19. The number of hydrogen-bond donors (Lipinski definition) is 1. The Morgan fingerprint density at radius 3 is 2.68 bits per heavy atom. The van der Waals surface area contributed by atoms with Crippen molar-refractivity contribution in [3.05, 3.63) is 11.3 Å². The van der Waals surface area contributed by atoms with Crippen molar-refractivity contribution in [2.45, 2.75) is 64.1 Å². The van der Waals surface area contributed by atoms with Gasteiger partial charge in [0.2, 0.25) is 0 Å². The minimum atomic E-state index is 0.521. The fourth-order valence-electron chi connectivity index (χ4n) is 2.74. The first kappa shape index (κ1) is 14.9. The normalized spacial score (nSPS) is 16.7. The molecule has 1 aliphatic carbocycles. The highest BCUT2D eigenvalue weighted by molar-refractivity contribution is 7.99. The molecule has 0 saturated heterocycles. The third-order valence-electron chi connectivity index (χ3n) is 3.91. The standard InChI is InChI=1S/C15H27N3S/c1-11(2)16-9-14-12(3)17-18(4)15(14)19-10-13-7-5-6-8-13/h11,13,16H,5-10H2,1-4H3. The van der Waals surface area contributed by atoms with Crippen molar-refractivity contribution in [3.8, 4) is 0 Å². The molecule has 0 aromatic carbocycles. The summed E-state index contributed by atoms with van der Waals surface area (Å²) in [5, 5.41) is 9.47. The number of aromatic nitrogens is 2. The highest BCUT2D eigenvalue weighted by atomic mass is 32.2. The molecule has 3 nitrogen and oxygen atoms in total. The summed E-state index contributed by atoms with van der Waals surface area (Å²) in [5.41, 5.74) is 2.56. The second-order valence-corrected chi connectivity index (χ2v) is 7.00. The van der Waals surface area contributed by atoms with E-state index in [1.807, 2.05) is 11.8 Å². The average Bonchev–Trinajstić information content (AvgIpc) is 2.93. The summed E-state index contributed by atoms with van der Waals surface area (Å²) in [6.45, 7) is 7.44. The van der Waals surface area contributed by atoms with E-state index in [-0.39, 0.29) is 0 Å². The molecule has 19 heavy (non-hydrogen) atoms. The van der Waals surface area contributed by atoms with Crippen LogP contribution < -0.4 is 5.32 Å². The van der Waals surface area contributed by atoms with Gasteiger partial charge < -0.3 is 5.32 Å². The van der Waals surface area contributed by atoms with Gasteiger partial charge in [0.15, 0.2) is 0 Å². The van der Waals surface area contributed by atoms with Crippen molar-refractivity contribution in [2.75, 3.05) is 5.75 Å². The summed E-state index contributed by atoms with van der Waals surface area (Å²) in [6, 6.07) is 0.521. The van der Waals surface area contributed by atoms with E-state index in [0.717, 1.165) is 12.5 Å². The topological polar surface area (TPSA) is 29.9 Å². The van der Waals surface area contributed by atoms with E-state index in [0.29, 0.717) is 6.04 Å². The Hall–Kier alpha value is -0.480. The van der Waals surface area contributed by atoms with Crippen LogP contribution >= 0.6 is 11.8 Å². The SMILES string of the molecule is Cc1nn(C)c(SCC2CCCC2)c1CNC(C)C. The molecule has 0 amide bonds. The highest BCUT2D eigenvalue weighted by Crippen LogP contribution is 2.32. The molecule has 1 aromatic rings. The third kappa shape index (κ3) is 3.99. The van der Waals surface area contributed by atoms with Gasteiger partial charge in [-0.2, -0.15) is 5.10 Å². The first-order valence-electron chi connectivity index (χ1n) is 7.46. The molecule has 1 N–H and O–H groups in total. The smallest absolute Gasteiger partial charge is 0.0984 e. The molecule has 0 atom stereocenters. The Bertz CT molecular complexity index is 406. The summed E-state index contributed by atoms with van der Waals surface area (Å²) < 4.78 is 2.06. The van der Waals surface area contributed by atoms with Gasteiger partial charge in [-0.15, -0.1) is 11.8 Å². The van der Waals surface area contributed by atoms with Crippen molar-refractivity contribution in [2.24, 2.45) is 13.0 Å². The maximum absolute atomic E-state index is 4.59. The molecular formula is C15H27N3S. The second kappa shape index (κ2) is 6.80. The van der Waals surface area contributed by atoms with Crippen LogP contribution in [0, 0.1) is 12.8 Å². The van der Waals surface area contributed by atoms with Crippen LogP contribution in [0.3, 0.4) is 0 Å². The molecule has 1 heterocycles. The van der Waals surface area contributed by atoms with Crippen molar-refractivity contribution in [1.29, 1.82) is 0 Å². The Balaban J connectivity index is 2.00. The molecule has 0 aliphatic heterocycles. The molecule has 108 valence electrons. The van der Waals surface area contributed by atoms with Crippen LogP contribution in [0.15, 0.2) is 5.03 Å². The van der Waals surface area contributed by atoms with E-state index in [1.54, 1.807) is 0 Å². The number of thioether (sulfide) groups is 1. The molecule has 1 aliphatic rings. The summed E-state index contributed by atoms with van der Waals surface area (Å²) in [6.07, 6.45) is 5.70. The first-order chi connectivity index (χ1) is 9.08. The molecule has 1 saturated carbocycles. The lowest BCUT2D eigenvalue weighted by atomic mass is 10.1. The zero-order valence-electron chi connectivity index (χ0n) is 12.7. The van der Waals surface area contributed by atoms with E-state index < -0.39 is 0 Å². The summed E-state index contributed by atoms with van der Waals surface area (Å²) in [7, 11) is 2.07. The van der Waals surface area contributed by atoms with E-state index in [1.165, 1.54) is 47.7 Å². The van der Waals surface area contributed by atoms with Crippen LogP contribution in [0.2, 0.25) is 0 Å². The molecule has 0 radical (unpaired) electrons. The molecule has 2 rings (SSSR count). The Morgan fingerprint density at radius 2 is 2.05 bits per heavy atom. The maximum atomic E-state index is 4.59. The monoisotopic (exact) mass is 281 g/mol. The largest absolute Gasteiger partial charge is 0.310 e. The van der Waals surface area contributed by atoms with Gasteiger partial charge in [-0.25, -0.2) is 0 Å². The minimum absolute atomic E-state index is 0.521. The molecule has 0 spiro atoms. The summed E-state index contributed by atoms with van der Waals surface area (Å²) in [4.78, 5) is 0. The fourth-order valence-corrected chi connectivity index (χ4v) is 4.09. The van der Waals surface area contributed by atoms with Crippen molar-refractivity contribution >= 4 is 11.8 Å². The maximum Gasteiger partial charge on any atom is 0.0984 e. The molecule has 1 fully saturated rings. The van der Waals surface area contributed by atoms with Crippen molar-refractivity contribution < 1.29 is 0 Å². The zero-order chi connectivity index (χ0) is 13.8. The number of hydrogen-bond acceptors (Lipinski definition) is 3. The van der Waals surface area contributed by atoms with Crippen LogP contribution in [0.25, 0.3) is 0 Å². The summed E-state index contributed by atoms with van der Waals surface area (Å²) >= 11 is 2.00. The zero-order valence-corrected chi connectivity index (χ0v) is 13.5. The van der Waals surface area contributed by atoms with Gasteiger partial charge in [0.25, 0.3) is 0 Å². The molecule has 0 bridgehead atoms. The van der Waals surface area contributed by atoms with Crippen molar-refractivity contribution in [1.82, 2.24) is 15.1 Å². The third-order valence-corrected chi connectivity index (χ3v) is 5.33. The predicted octanol–water partition coefficient (Wildman–Crippen LogP) is 3.51. The fraction of sp³-hybridized carbons (Fsp3) is 0.800. The molecule has 1 aromatic heterocycles. The molecular weight excluding hydrogens is 254 g/mol. The molecule has 4 heteroatoms. The average molecular weight is 281 g/mol. The lowest BCUT2D eigenvalue weighted by Crippen LogP contribution is -2.22. The van der Waals surface area contributed by atoms with Gasteiger partial charge in [0, 0.05) is 31.0 Å². The van der Waals surface area contributed by atoms with Crippen LogP contribution in [-0.2, 0) is 13.6 Å². The Morgan fingerprint density at radius 1 is 1.37 bits per heavy atom. The van der Waals surface area contributed by atoms with Gasteiger partial charge in [0.05, 0.1) is 10.7 Å². The van der Waals surface area contributed by atoms with Gasteiger partial charge in [-0.05, 0) is 25.7 Å². The Labute approximate surface area is 121 Å². The minimum Gasteiger partial charge on any atom is -0.310 e. The molecule has 0 unspecified atom stereocenters. The predicted molar refractivity (Wildman–Crippen MR) is 82.6 cm³/mol. The van der Waals surface area contributed by atoms with Crippen molar-refractivity contribution in [3.63, 3.8) is 0 Å². The second-order valence-electron chi connectivity index (χ2n) is 5.99. The van der Waals surface area contributed by atoms with Gasteiger partial charge >= 0.3 is 0 Å². The quantitative estimate of drug-likeness (QED) is 0.809. The Kier molecular flexibility index (Phi) is 5.34. The van der Waals surface area contributed by atoms with Gasteiger partial charge in [-0.1, -0.05) is 26.7 Å². The number of aryl methyl sites for hydroxylation is 2. The van der Waals surface area contributed by atoms with Gasteiger partial charge in [0.1, 0.15) is 0 Å². The lowest BCUT2D eigenvalue weighted by molar-refractivity contribution is 0.579. The van der Waals surface area contributed by atoms with Crippen LogP contribution in [0.5, 0.6) is 0 Å². The van der Waals surface area contributed by atoms with Gasteiger partial charge in [-0.3, -0.25) is 4.68 Å².